The van der Waals surface area contributed by atoms with Crippen LogP contribution in [0.25, 0.3) is 132 Å². The van der Waals surface area contributed by atoms with Gasteiger partial charge in [0.1, 0.15) is 11.6 Å². The fourth-order valence-electron chi connectivity index (χ4n) is 13.0. The van der Waals surface area contributed by atoms with E-state index < -0.39 is 0 Å². The van der Waals surface area contributed by atoms with E-state index >= 15 is 0 Å². The Bertz CT molecular complexity index is 5360. The fraction of sp³-hybridized carbons (Fsp3) is 0.103. The van der Waals surface area contributed by atoms with Gasteiger partial charge in [0.25, 0.3) is 0 Å². The normalized spacial score (nSPS) is 12.2. The van der Waals surface area contributed by atoms with Gasteiger partial charge in [-0.15, -0.1) is 35.0 Å². The second-order valence-corrected chi connectivity index (χ2v) is 24.5. The van der Waals surface area contributed by atoms with Crippen LogP contribution in [-0.4, -0.2) is 28.2 Å². The van der Waals surface area contributed by atoms with Crippen LogP contribution >= 0.6 is 0 Å². The molecular weight excluding hydrogens is 1230 g/mol. The van der Waals surface area contributed by atoms with Gasteiger partial charge in [-0.1, -0.05) is 174 Å². The van der Waals surface area contributed by atoms with Crippen LogP contribution in [0.4, 0.5) is 0 Å². The Labute approximate surface area is 513 Å². The van der Waals surface area contributed by atoms with Gasteiger partial charge in [0.15, 0.2) is 0 Å². The van der Waals surface area contributed by atoms with Gasteiger partial charge in [-0.05, 0) is 134 Å². The summed E-state index contributed by atoms with van der Waals surface area (Å²) in [7, 11) is 0. The van der Waals surface area contributed by atoms with Gasteiger partial charge in [-0.3, -0.25) is 0 Å². The number of ether oxygens (including phenoxy) is 1. The Kier molecular flexibility index (Phi) is 12.4. The number of para-hydroxylation sites is 5. The average molecular weight is 1290 g/mol. The van der Waals surface area contributed by atoms with Crippen LogP contribution in [0, 0.1) is 12.1 Å². The first-order valence-electron chi connectivity index (χ1n) is 29.2. The summed E-state index contributed by atoms with van der Waals surface area (Å²) in [6.45, 7) is 13.5. The molecule has 86 heavy (non-hydrogen) atoms. The van der Waals surface area contributed by atoms with Crippen molar-refractivity contribution in [2.45, 2.75) is 52.4 Å². The summed E-state index contributed by atoms with van der Waals surface area (Å²) in [5.41, 5.74) is 17.5. The monoisotopic (exact) mass is 1290 g/mol. The summed E-state index contributed by atoms with van der Waals surface area (Å²) in [4.78, 5) is 10.1. The fourth-order valence-corrected chi connectivity index (χ4v) is 13.0. The quantitative estimate of drug-likeness (QED) is 0.143. The molecule has 0 aliphatic heterocycles. The van der Waals surface area contributed by atoms with E-state index in [2.05, 4.69) is 290 Å². The number of benzene rings is 10. The van der Waals surface area contributed by atoms with Crippen LogP contribution in [0.3, 0.4) is 0 Å². The first kappa shape index (κ1) is 53.0. The average Bonchev–Trinajstić information content (AvgIpc) is 4.41. The molecule has 0 aliphatic rings. The molecule has 16 aromatic rings. The zero-order chi connectivity index (χ0) is 57.3. The maximum Gasteiger partial charge on any atom is 2.00 e. The molecule has 0 bridgehead atoms. The van der Waals surface area contributed by atoms with Crippen molar-refractivity contribution < 1.29 is 25.8 Å². The van der Waals surface area contributed by atoms with E-state index in [0.717, 1.165) is 88.9 Å². The van der Waals surface area contributed by atoms with Crippen molar-refractivity contribution in [1.29, 1.82) is 0 Å². The van der Waals surface area contributed by atoms with E-state index in [9.17, 15) is 0 Å². The van der Waals surface area contributed by atoms with Gasteiger partial charge in [0, 0.05) is 73.4 Å². The minimum absolute atomic E-state index is 0. The molecule has 0 saturated heterocycles. The van der Waals surface area contributed by atoms with Crippen LogP contribution in [0.5, 0.6) is 11.5 Å². The minimum atomic E-state index is -0.0979. The molecule has 0 amide bonds. The number of rotatable bonds is 8. The number of aromatic nitrogens is 6. The third-order valence-corrected chi connectivity index (χ3v) is 17.2. The van der Waals surface area contributed by atoms with E-state index in [1.165, 1.54) is 54.7 Å². The second kappa shape index (κ2) is 20.2. The molecule has 0 atom stereocenters. The first-order chi connectivity index (χ1) is 41.4. The molecule has 6 heterocycles. The SMILES string of the molecule is CC(C)(C)c1ccnc(-n2c3[c-]c(Oc4[c-]c5c(cc4)c4cc(-c6cccc7c8ccccc8n(-c8ccccc8)c67)ccc4n5-c4cc(C(C)(C)C)ccn4)ccc3c3cc(-c4ccc5c(c4)c4ccccc4n5-c4ccccc4)ccc32)c1.[Pt+2]. The zero-order valence-corrected chi connectivity index (χ0v) is 50.8. The molecule has 7 nitrogen and oxygen atoms in total. The summed E-state index contributed by atoms with van der Waals surface area (Å²) in [6.07, 6.45) is 3.85. The van der Waals surface area contributed by atoms with Crippen LogP contribution in [0.2, 0.25) is 0 Å². The maximum atomic E-state index is 6.97. The summed E-state index contributed by atoms with van der Waals surface area (Å²) < 4.78 is 16.2. The second-order valence-electron chi connectivity index (χ2n) is 24.5. The molecule has 0 spiro atoms. The molecule has 10 aromatic carbocycles. The third-order valence-electron chi connectivity index (χ3n) is 17.2. The van der Waals surface area contributed by atoms with E-state index in [0.29, 0.717) is 11.5 Å². The van der Waals surface area contributed by atoms with Crippen LogP contribution in [0.15, 0.2) is 243 Å². The van der Waals surface area contributed by atoms with Crippen LogP contribution < -0.4 is 4.74 Å². The topological polar surface area (TPSA) is 54.7 Å². The predicted octanol–water partition coefficient (Wildman–Crippen LogP) is 20.2. The van der Waals surface area contributed by atoms with E-state index in [1.807, 2.05) is 24.5 Å². The molecule has 8 heteroatoms. The first-order valence-corrected chi connectivity index (χ1v) is 29.2. The van der Waals surface area contributed by atoms with Crippen molar-refractivity contribution in [2.24, 2.45) is 0 Å². The number of fused-ring (bicyclic) bond motifs is 12. The Morgan fingerprint density at radius 2 is 0.756 bits per heavy atom. The number of hydrogen-bond donors (Lipinski definition) is 0. The van der Waals surface area contributed by atoms with E-state index in [-0.39, 0.29) is 31.9 Å². The molecule has 0 N–H and O–H groups in total. The zero-order valence-electron chi connectivity index (χ0n) is 48.5. The van der Waals surface area contributed by atoms with Crippen molar-refractivity contribution in [1.82, 2.24) is 28.2 Å². The molecule has 0 radical (unpaired) electrons. The third kappa shape index (κ3) is 8.58. The summed E-state index contributed by atoms with van der Waals surface area (Å²) in [5.74, 6) is 2.78. The van der Waals surface area contributed by atoms with E-state index in [1.54, 1.807) is 0 Å². The Morgan fingerprint density at radius 3 is 1.29 bits per heavy atom. The molecule has 0 fully saturated rings. The molecule has 16 rings (SSSR count). The summed E-state index contributed by atoms with van der Waals surface area (Å²) in [6, 6.07) is 90.6. The molecule has 6 aromatic heterocycles. The minimum Gasteiger partial charge on any atom is -0.509 e. The molecule has 416 valence electrons. The van der Waals surface area contributed by atoms with Gasteiger partial charge in [0.2, 0.25) is 0 Å². The number of pyridine rings is 2. The Morgan fingerprint density at radius 1 is 0.337 bits per heavy atom. The molecule has 0 unspecified atom stereocenters. The number of nitrogens with zero attached hydrogens (tertiary/aromatic N) is 6. The molecular formula is C78H58N6OPt. The van der Waals surface area contributed by atoms with Crippen LogP contribution in [0.1, 0.15) is 52.7 Å². The predicted molar refractivity (Wildman–Crippen MR) is 352 cm³/mol. The van der Waals surface area contributed by atoms with Crippen molar-refractivity contribution >= 4 is 87.2 Å². The molecule has 0 saturated carbocycles. The Balaban J connectivity index is 0.00000625. The van der Waals surface area contributed by atoms with Crippen molar-refractivity contribution in [3.8, 4) is 56.8 Å². The maximum absolute atomic E-state index is 6.97. The Hall–Kier alpha value is -9.81. The van der Waals surface area contributed by atoms with Gasteiger partial charge in [-0.2, -0.15) is 12.1 Å². The largest absolute Gasteiger partial charge is 2.00 e. The van der Waals surface area contributed by atoms with Gasteiger partial charge in [0.05, 0.1) is 22.1 Å². The standard InChI is InChI=1S/C78H58N6O.Pt/c1-77(2,3)52-38-40-79-74(45-52)83-70-36-29-50(49-28-35-69-64(42-49)60-23-14-15-26-67(60)81(69)54-18-9-7-10-19-54)43-65(70)61-33-31-56(47-72(61)83)85-57-32-34-62-66-44-51(30-37-71(66)84(73(62)48-57)75-46-53(39-41-80-75)78(4,5)6)58-24-17-25-63-59-22-13-16-27-68(59)82(76(58)63)55-20-11-8-12-21-55;/h7-46H,1-6H3;/q-2;+2. The van der Waals surface area contributed by atoms with Crippen LogP contribution in [-0.2, 0) is 31.9 Å². The van der Waals surface area contributed by atoms with Gasteiger partial charge in [-0.25, -0.2) is 9.97 Å². The summed E-state index contributed by atoms with van der Waals surface area (Å²) in [5, 5.41) is 9.16. The van der Waals surface area contributed by atoms with Crippen molar-refractivity contribution in [3.63, 3.8) is 0 Å². The van der Waals surface area contributed by atoms with Gasteiger partial charge >= 0.3 is 21.1 Å². The van der Waals surface area contributed by atoms with E-state index in [4.69, 9.17) is 14.7 Å². The smallest absolute Gasteiger partial charge is 0.509 e. The summed E-state index contributed by atoms with van der Waals surface area (Å²) >= 11 is 0. The van der Waals surface area contributed by atoms with Crippen molar-refractivity contribution in [3.05, 3.63) is 266 Å². The van der Waals surface area contributed by atoms with Crippen molar-refractivity contribution in [2.75, 3.05) is 0 Å². The number of hydrogen-bond acceptors (Lipinski definition) is 3. The molecule has 0 aliphatic carbocycles. The van der Waals surface area contributed by atoms with Gasteiger partial charge < -0.3 is 23.0 Å².